The molecule has 0 saturated carbocycles. The highest BCUT2D eigenvalue weighted by atomic mass is 19.3. The number of nitrogens with two attached hydrogens (primary N) is 1. The van der Waals surface area contributed by atoms with E-state index in [9.17, 15) is 23.7 Å². The molecule has 0 heterocycles. The van der Waals surface area contributed by atoms with Crippen LogP contribution in [0.1, 0.15) is 10.4 Å². The zero-order valence-corrected chi connectivity index (χ0v) is 9.55. The number of nitrogens with zero attached hydrogens (tertiary/aromatic N) is 1. The number of alkyl halides is 2. The van der Waals surface area contributed by atoms with Gasteiger partial charge in [-0.2, -0.15) is 0 Å². The van der Waals surface area contributed by atoms with E-state index in [1.165, 1.54) is 6.07 Å². The van der Waals surface area contributed by atoms with Gasteiger partial charge in [0.05, 0.1) is 4.92 Å². The van der Waals surface area contributed by atoms with Crippen LogP contribution < -0.4 is 11.1 Å². The van der Waals surface area contributed by atoms with E-state index in [1.807, 2.05) is 0 Å². The minimum Gasteiger partial charge on any atom is -0.385 e. The molecule has 1 aromatic carbocycles. The Hall–Kier alpha value is -2.29. The third-order valence-corrected chi connectivity index (χ3v) is 2.27. The van der Waals surface area contributed by atoms with Gasteiger partial charge in [-0.3, -0.25) is 14.9 Å². The van der Waals surface area contributed by atoms with Crippen LogP contribution in [0, 0.1) is 10.1 Å². The van der Waals surface area contributed by atoms with Gasteiger partial charge in [0.1, 0.15) is 11.8 Å². The van der Waals surface area contributed by atoms with E-state index in [0.717, 1.165) is 12.1 Å². The first-order chi connectivity index (χ1) is 8.82. The number of rotatable bonds is 6. The number of nitro groups is 1. The Balaban J connectivity index is 2.94. The summed E-state index contributed by atoms with van der Waals surface area (Å²) in [6.07, 6.45) is -4.91. The molecule has 0 spiro atoms. The molecule has 1 amide bonds. The van der Waals surface area contributed by atoms with Crippen LogP contribution >= 0.6 is 0 Å². The van der Waals surface area contributed by atoms with Gasteiger partial charge in [0.15, 0.2) is 0 Å². The van der Waals surface area contributed by atoms with E-state index in [1.54, 1.807) is 0 Å². The number of hydrogen-bond donors (Lipinski definition) is 3. The molecule has 1 aromatic rings. The maximum absolute atomic E-state index is 12.1. The lowest BCUT2D eigenvalue weighted by atomic mass is 10.1. The van der Waals surface area contributed by atoms with Crippen LogP contribution in [0.4, 0.5) is 20.2 Å². The summed E-state index contributed by atoms with van der Waals surface area (Å²) in [6, 6.07) is 3.31. The lowest BCUT2D eigenvalue weighted by Crippen LogP contribution is -2.27. The summed E-state index contributed by atoms with van der Waals surface area (Å²) in [7, 11) is 0. The van der Waals surface area contributed by atoms with Gasteiger partial charge in [0, 0.05) is 18.2 Å². The lowest BCUT2D eigenvalue weighted by molar-refractivity contribution is -0.384. The summed E-state index contributed by atoms with van der Waals surface area (Å²) in [5.41, 5.74) is 4.32. The Morgan fingerprint density at radius 2 is 2.16 bits per heavy atom. The van der Waals surface area contributed by atoms with Crippen molar-refractivity contribution in [2.75, 3.05) is 11.9 Å². The summed E-state index contributed by atoms with van der Waals surface area (Å²) in [4.78, 5) is 20.9. The van der Waals surface area contributed by atoms with Crippen molar-refractivity contribution >= 4 is 17.3 Å². The second-order valence-electron chi connectivity index (χ2n) is 3.64. The molecule has 0 fully saturated rings. The van der Waals surface area contributed by atoms with Gasteiger partial charge in [-0.15, -0.1) is 0 Å². The van der Waals surface area contributed by atoms with E-state index >= 15 is 0 Å². The molecule has 1 rings (SSSR count). The monoisotopic (exact) mass is 275 g/mol. The van der Waals surface area contributed by atoms with E-state index in [-0.39, 0.29) is 11.3 Å². The van der Waals surface area contributed by atoms with Crippen LogP contribution in [0.25, 0.3) is 0 Å². The second-order valence-corrected chi connectivity index (χ2v) is 3.64. The molecule has 0 bridgehead atoms. The van der Waals surface area contributed by atoms with Crippen molar-refractivity contribution in [1.82, 2.24) is 0 Å². The molecule has 104 valence electrons. The second kappa shape index (κ2) is 6.05. The molecule has 0 aliphatic rings. The zero-order valence-electron chi connectivity index (χ0n) is 9.55. The largest absolute Gasteiger partial charge is 0.385 e. The summed E-state index contributed by atoms with van der Waals surface area (Å²) < 4.78 is 24.2. The van der Waals surface area contributed by atoms with Gasteiger partial charge >= 0.3 is 0 Å². The fourth-order valence-corrected chi connectivity index (χ4v) is 1.29. The molecule has 0 aliphatic carbocycles. The van der Waals surface area contributed by atoms with E-state index < -0.39 is 35.6 Å². The first-order valence-corrected chi connectivity index (χ1v) is 5.11. The van der Waals surface area contributed by atoms with Crippen LogP contribution in [0.15, 0.2) is 18.2 Å². The fraction of sp³-hybridized carbons (Fsp3) is 0.300. The number of carbonyl (C=O) groups excluding carboxylic acids is 1. The van der Waals surface area contributed by atoms with E-state index in [4.69, 9.17) is 10.8 Å². The number of primary amides is 1. The van der Waals surface area contributed by atoms with Crippen molar-refractivity contribution in [3.63, 3.8) is 0 Å². The molecule has 0 aliphatic heterocycles. The predicted octanol–water partition coefficient (Wildman–Crippen LogP) is 0.732. The Morgan fingerprint density at radius 3 is 2.63 bits per heavy atom. The smallest absolute Gasteiger partial charge is 0.293 e. The molecule has 7 nitrogen and oxygen atoms in total. The predicted molar refractivity (Wildman–Crippen MR) is 62.1 cm³/mol. The van der Waals surface area contributed by atoms with Gasteiger partial charge in [0.2, 0.25) is 5.91 Å². The average Bonchev–Trinajstić information content (AvgIpc) is 2.35. The first-order valence-electron chi connectivity index (χ1n) is 5.11. The number of carbonyl (C=O) groups is 1. The fourth-order valence-electron chi connectivity index (χ4n) is 1.29. The summed E-state index contributed by atoms with van der Waals surface area (Å²) in [5, 5.41) is 22.0. The van der Waals surface area contributed by atoms with Gasteiger partial charge in [-0.05, 0) is 12.1 Å². The van der Waals surface area contributed by atoms with Gasteiger partial charge < -0.3 is 16.2 Å². The van der Waals surface area contributed by atoms with Crippen LogP contribution in [-0.2, 0) is 0 Å². The Morgan fingerprint density at radius 1 is 1.53 bits per heavy atom. The van der Waals surface area contributed by atoms with Crippen molar-refractivity contribution in [3.8, 4) is 0 Å². The Labute approximate surface area is 106 Å². The SMILES string of the molecule is NC(=O)c1ccc(NCC(O)C(F)F)c([N+](=O)[O-])c1. The highest BCUT2D eigenvalue weighted by Gasteiger charge is 2.20. The lowest BCUT2D eigenvalue weighted by Gasteiger charge is -2.12. The number of aliphatic hydroxyl groups excluding tert-OH is 1. The van der Waals surface area contributed by atoms with Crippen LogP contribution in [0.2, 0.25) is 0 Å². The topological polar surface area (TPSA) is 118 Å². The van der Waals surface area contributed by atoms with Gasteiger partial charge in [0.25, 0.3) is 12.1 Å². The first kappa shape index (κ1) is 14.8. The third kappa shape index (κ3) is 3.85. The van der Waals surface area contributed by atoms with Crippen molar-refractivity contribution in [3.05, 3.63) is 33.9 Å². The molecule has 4 N–H and O–H groups in total. The molecule has 19 heavy (non-hydrogen) atoms. The zero-order chi connectivity index (χ0) is 14.6. The van der Waals surface area contributed by atoms with Crippen molar-refractivity contribution < 1.29 is 23.6 Å². The number of benzene rings is 1. The number of amides is 1. The quantitative estimate of drug-likeness (QED) is 0.522. The Kier molecular flexibility index (Phi) is 4.70. The standard InChI is InChI=1S/C10H11F2N3O4/c11-9(12)8(16)4-14-6-2-1-5(10(13)17)3-7(6)15(18)19/h1-3,8-9,14,16H,4H2,(H2,13,17). The third-order valence-electron chi connectivity index (χ3n) is 2.27. The summed E-state index contributed by atoms with van der Waals surface area (Å²) in [6.45, 7) is -0.561. The minimum absolute atomic E-state index is 0.0772. The van der Waals surface area contributed by atoms with Crippen LogP contribution in [-0.4, -0.2) is 35.0 Å². The highest BCUT2D eigenvalue weighted by Crippen LogP contribution is 2.25. The highest BCUT2D eigenvalue weighted by molar-refractivity contribution is 5.94. The molecule has 0 radical (unpaired) electrons. The molecule has 0 saturated heterocycles. The normalized spacial score (nSPS) is 12.2. The van der Waals surface area contributed by atoms with E-state index in [0.29, 0.717) is 0 Å². The number of nitrogens with one attached hydrogen (secondary N) is 1. The van der Waals surface area contributed by atoms with Crippen molar-refractivity contribution in [1.29, 1.82) is 0 Å². The van der Waals surface area contributed by atoms with Crippen LogP contribution in [0.3, 0.4) is 0 Å². The van der Waals surface area contributed by atoms with Gasteiger partial charge in [-0.1, -0.05) is 0 Å². The molecule has 0 aromatic heterocycles. The van der Waals surface area contributed by atoms with Gasteiger partial charge in [-0.25, -0.2) is 8.78 Å². The number of anilines is 1. The average molecular weight is 275 g/mol. The molecule has 1 atom stereocenters. The minimum atomic E-state index is -2.96. The van der Waals surface area contributed by atoms with E-state index in [2.05, 4.69) is 5.32 Å². The number of nitro benzene ring substituents is 1. The molecule has 1 unspecified atom stereocenters. The number of halogens is 2. The molecular formula is C10H11F2N3O4. The maximum atomic E-state index is 12.1. The maximum Gasteiger partial charge on any atom is 0.293 e. The van der Waals surface area contributed by atoms with Crippen LogP contribution in [0.5, 0.6) is 0 Å². The summed E-state index contributed by atoms with van der Waals surface area (Å²) >= 11 is 0. The summed E-state index contributed by atoms with van der Waals surface area (Å²) in [5.74, 6) is -0.845. The molecule has 9 heteroatoms. The number of aliphatic hydroxyl groups is 1. The van der Waals surface area contributed by atoms with Crippen molar-refractivity contribution in [2.24, 2.45) is 5.73 Å². The van der Waals surface area contributed by atoms with Crippen molar-refractivity contribution in [2.45, 2.75) is 12.5 Å². The number of hydrogen-bond acceptors (Lipinski definition) is 5. The Bertz CT molecular complexity index is 496. The molecular weight excluding hydrogens is 264 g/mol.